The highest BCUT2D eigenvalue weighted by Gasteiger charge is 2.44. The molecule has 7 heteroatoms. The third kappa shape index (κ3) is 2.96. The number of hydrogen-bond acceptors (Lipinski definition) is 7. The van der Waals surface area contributed by atoms with Crippen molar-refractivity contribution in [2.45, 2.75) is 30.7 Å². The van der Waals surface area contributed by atoms with Crippen LogP contribution in [0.1, 0.15) is 0 Å². The largest absolute Gasteiger partial charge is 0.508 e. The average Bonchev–Trinajstić information content (AvgIpc) is 2.42. The molecule has 19 heavy (non-hydrogen) atoms. The number of benzene rings is 1. The van der Waals surface area contributed by atoms with Gasteiger partial charge in [-0.3, -0.25) is 0 Å². The smallest absolute Gasteiger partial charge is 0.229 e. The van der Waals surface area contributed by atoms with Crippen molar-refractivity contribution in [3.8, 4) is 11.5 Å². The molecule has 1 heterocycles. The minimum atomic E-state index is -1.48. The molecule has 0 aliphatic carbocycles. The Hall–Kier alpha value is -1.38. The van der Waals surface area contributed by atoms with E-state index in [-0.39, 0.29) is 5.75 Å². The second kappa shape index (κ2) is 5.72. The molecule has 0 saturated carbocycles. The topological polar surface area (TPSA) is 120 Å². The first-order chi connectivity index (χ1) is 9.02. The van der Waals surface area contributed by atoms with Gasteiger partial charge in [0.1, 0.15) is 35.9 Å². The number of aliphatic hydroxyl groups excluding tert-OH is 4. The molecule has 1 fully saturated rings. The number of ether oxygens (including phenoxy) is 2. The van der Waals surface area contributed by atoms with Gasteiger partial charge in [-0.2, -0.15) is 0 Å². The zero-order valence-electron chi connectivity index (χ0n) is 9.96. The van der Waals surface area contributed by atoms with Gasteiger partial charge in [0.05, 0.1) is 6.61 Å². The molecular formula is C12H16O7. The minimum absolute atomic E-state index is 0.0566. The molecule has 0 aromatic heterocycles. The van der Waals surface area contributed by atoms with E-state index in [1.807, 2.05) is 0 Å². The lowest BCUT2D eigenvalue weighted by molar-refractivity contribution is -0.277. The highest BCUT2D eigenvalue weighted by atomic mass is 16.7. The summed E-state index contributed by atoms with van der Waals surface area (Å²) >= 11 is 0. The van der Waals surface area contributed by atoms with Crippen LogP contribution in [-0.4, -0.2) is 62.8 Å². The summed E-state index contributed by atoms with van der Waals surface area (Å²) in [5.41, 5.74) is 0. The number of aromatic hydroxyl groups is 1. The average molecular weight is 272 g/mol. The molecule has 0 spiro atoms. The summed E-state index contributed by atoms with van der Waals surface area (Å²) in [5.74, 6) is 0.364. The van der Waals surface area contributed by atoms with E-state index in [0.717, 1.165) is 0 Å². The van der Waals surface area contributed by atoms with Gasteiger partial charge in [-0.25, -0.2) is 0 Å². The van der Waals surface area contributed by atoms with Crippen LogP contribution in [0.15, 0.2) is 24.3 Å². The van der Waals surface area contributed by atoms with Crippen molar-refractivity contribution in [3.63, 3.8) is 0 Å². The van der Waals surface area contributed by atoms with Crippen LogP contribution in [0.5, 0.6) is 11.5 Å². The van der Waals surface area contributed by atoms with Gasteiger partial charge >= 0.3 is 0 Å². The molecule has 0 amide bonds. The summed E-state index contributed by atoms with van der Waals surface area (Å²) < 4.78 is 10.5. The monoisotopic (exact) mass is 272 g/mol. The van der Waals surface area contributed by atoms with Crippen molar-refractivity contribution in [1.29, 1.82) is 0 Å². The quantitative estimate of drug-likeness (QED) is 0.457. The van der Waals surface area contributed by atoms with E-state index in [2.05, 4.69) is 0 Å². The van der Waals surface area contributed by atoms with E-state index < -0.39 is 37.3 Å². The second-order valence-electron chi connectivity index (χ2n) is 4.31. The number of aliphatic hydroxyl groups is 4. The van der Waals surface area contributed by atoms with Gasteiger partial charge in [-0.15, -0.1) is 0 Å². The molecule has 106 valence electrons. The molecule has 0 radical (unpaired) electrons. The predicted molar refractivity (Wildman–Crippen MR) is 62.5 cm³/mol. The third-order valence-corrected chi connectivity index (χ3v) is 2.94. The Balaban J connectivity index is 2.08. The van der Waals surface area contributed by atoms with Crippen LogP contribution < -0.4 is 4.74 Å². The van der Waals surface area contributed by atoms with E-state index in [9.17, 15) is 15.3 Å². The van der Waals surface area contributed by atoms with Gasteiger partial charge in [0.15, 0.2) is 0 Å². The summed E-state index contributed by atoms with van der Waals surface area (Å²) in [6.07, 6.45) is -6.58. The number of hydrogen-bond donors (Lipinski definition) is 5. The SMILES string of the molecule is OCC1O[C@@H](Oc2ccc(O)cc2)[C@H](O)[C@@H](O)[C@@H]1O. The highest BCUT2D eigenvalue weighted by Crippen LogP contribution is 2.25. The van der Waals surface area contributed by atoms with Crippen LogP contribution in [0.25, 0.3) is 0 Å². The molecular weight excluding hydrogens is 256 g/mol. The van der Waals surface area contributed by atoms with Crippen molar-refractivity contribution in [2.24, 2.45) is 0 Å². The third-order valence-electron chi connectivity index (χ3n) is 2.94. The summed E-state index contributed by atoms with van der Waals surface area (Å²) in [4.78, 5) is 0. The number of rotatable bonds is 3. The lowest BCUT2D eigenvalue weighted by Crippen LogP contribution is -2.60. The van der Waals surface area contributed by atoms with E-state index in [4.69, 9.17) is 19.7 Å². The molecule has 1 aromatic carbocycles. The second-order valence-corrected chi connectivity index (χ2v) is 4.31. The van der Waals surface area contributed by atoms with Gasteiger partial charge < -0.3 is 35.0 Å². The normalized spacial score (nSPS) is 35.1. The van der Waals surface area contributed by atoms with Gasteiger partial charge in [-0.1, -0.05) is 0 Å². The van der Waals surface area contributed by atoms with Gasteiger partial charge in [0, 0.05) is 0 Å². The van der Waals surface area contributed by atoms with Crippen LogP contribution in [0.2, 0.25) is 0 Å². The maximum Gasteiger partial charge on any atom is 0.229 e. The maximum absolute atomic E-state index is 9.75. The van der Waals surface area contributed by atoms with Crippen LogP contribution in [0.4, 0.5) is 0 Å². The fourth-order valence-electron chi connectivity index (χ4n) is 1.82. The van der Waals surface area contributed by atoms with Crippen molar-refractivity contribution in [1.82, 2.24) is 0 Å². The van der Waals surface area contributed by atoms with Gasteiger partial charge in [-0.05, 0) is 24.3 Å². The zero-order valence-corrected chi connectivity index (χ0v) is 9.96. The first-order valence-electron chi connectivity index (χ1n) is 5.79. The van der Waals surface area contributed by atoms with Crippen molar-refractivity contribution in [3.05, 3.63) is 24.3 Å². The van der Waals surface area contributed by atoms with Crippen LogP contribution >= 0.6 is 0 Å². The summed E-state index contributed by atoms with van der Waals surface area (Å²) in [6, 6.07) is 5.69. The molecule has 5 atom stereocenters. The molecule has 1 aromatic rings. The van der Waals surface area contributed by atoms with Gasteiger partial charge in [0.25, 0.3) is 0 Å². The maximum atomic E-state index is 9.75. The molecule has 1 saturated heterocycles. The van der Waals surface area contributed by atoms with Crippen LogP contribution in [0, 0.1) is 0 Å². The lowest BCUT2D eigenvalue weighted by Gasteiger charge is -2.39. The fraction of sp³-hybridized carbons (Fsp3) is 0.500. The Bertz CT molecular complexity index is 405. The Morgan fingerprint density at radius 3 is 2.21 bits per heavy atom. The zero-order chi connectivity index (χ0) is 14.0. The van der Waals surface area contributed by atoms with Crippen LogP contribution in [0.3, 0.4) is 0 Å². The highest BCUT2D eigenvalue weighted by molar-refractivity contribution is 5.30. The molecule has 2 rings (SSSR count). The van der Waals surface area contributed by atoms with E-state index in [1.54, 1.807) is 0 Å². The summed E-state index contributed by atoms with van der Waals surface area (Å²) in [6.45, 7) is -0.514. The molecule has 1 unspecified atom stereocenters. The first kappa shape index (κ1) is 14.0. The Morgan fingerprint density at radius 1 is 1.00 bits per heavy atom. The number of phenols is 1. The molecule has 5 N–H and O–H groups in total. The molecule has 7 nitrogen and oxygen atoms in total. The first-order valence-corrected chi connectivity index (χ1v) is 5.79. The molecule has 1 aliphatic heterocycles. The standard InChI is InChI=1S/C12H16O7/c13-5-8-9(15)10(16)11(17)12(19-8)18-7-3-1-6(14)2-4-7/h1-4,8-17H,5H2/t8?,9-,10+,11-,12-/m1/s1. The Labute approximate surface area is 109 Å². The molecule has 1 aliphatic rings. The van der Waals surface area contributed by atoms with Crippen LogP contribution in [-0.2, 0) is 4.74 Å². The van der Waals surface area contributed by atoms with Crippen molar-refractivity contribution in [2.75, 3.05) is 6.61 Å². The van der Waals surface area contributed by atoms with E-state index in [1.165, 1.54) is 24.3 Å². The molecule has 0 bridgehead atoms. The fourth-order valence-corrected chi connectivity index (χ4v) is 1.82. The summed E-state index contributed by atoms with van der Waals surface area (Å²) in [7, 11) is 0. The van der Waals surface area contributed by atoms with E-state index in [0.29, 0.717) is 5.75 Å². The lowest BCUT2D eigenvalue weighted by atomic mass is 9.99. The summed E-state index contributed by atoms with van der Waals surface area (Å²) in [5, 5.41) is 47.1. The van der Waals surface area contributed by atoms with E-state index >= 15 is 0 Å². The Kier molecular flexibility index (Phi) is 4.23. The number of phenolic OH excluding ortho intramolecular Hbond substituents is 1. The van der Waals surface area contributed by atoms with Crippen molar-refractivity contribution >= 4 is 0 Å². The van der Waals surface area contributed by atoms with Crippen molar-refractivity contribution < 1.29 is 35.0 Å². The predicted octanol–water partition coefficient (Wildman–Crippen LogP) is -1.43. The minimum Gasteiger partial charge on any atom is -0.508 e. The van der Waals surface area contributed by atoms with Gasteiger partial charge in [0.2, 0.25) is 6.29 Å². The Morgan fingerprint density at radius 2 is 1.63 bits per heavy atom.